The van der Waals surface area contributed by atoms with E-state index in [1.165, 1.54) is 0 Å². The van der Waals surface area contributed by atoms with Gasteiger partial charge in [-0.3, -0.25) is 0 Å². The van der Waals surface area contributed by atoms with Crippen molar-refractivity contribution >= 4 is 5.69 Å². The van der Waals surface area contributed by atoms with Gasteiger partial charge in [-0.05, 0) is 18.6 Å². The maximum Gasteiger partial charge on any atom is 0.237 e. The summed E-state index contributed by atoms with van der Waals surface area (Å²) in [6.45, 7) is 1.29. The summed E-state index contributed by atoms with van der Waals surface area (Å²) in [5.74, 6) is 0.465. The van der Waals surface area contributed by atoms with Crippen LogP contribution >= 0.6 is 0 Å². The molecule has 0 bridgehead atoms. The predicted octanol–water partition coefficient (Wildman–Crippen LogP) is 0.599. The van der Waals surface area contributed by atoms with Gasteiger partial charge >= 0.3 is 0 Å². The van der Waals surface area contributed by atoms with Crippen molar-refractivity contribution in [2.45, 2.75) is 24.7 Å². The Labute approximate surface area is 93.5 Å². The molecular weight excluding hydrogens is 208 g/mol. The van der Waals surface area contributed by atoms with Gasteiger partial charge in [0.25, 0.3) is 0 Å². The fraction of sp³-hybridized carbons (Fsp3) is 0.545. The number of rotatable bonds is 2. The van der Waals surface area contributed by atoms with Crippen molar-refractivity contribution in [1.29, 1.82) is 0 Å². The molecule has 0 aliphatic carbocycles. The second kappa shape index (κ2) is 3.92. The van der Waals surface area contributed by atoms with E-state index in [0.717, 1.165) is 13.0 Å². The third-order valence-corrected chi connectivity index (χ3v) is 2.98. The fourth-order valence-corrected chi connectivity index (χ4v) is 2.18. The van der Waals surface area contributed by atoms with Gasteiger partial charge in [0, 0.05) is 12.8 Å². The van der Waals surface area contributed by atoms with Crippen LogP contribution < -0.4 is 10.5 Å². The van der Waals surface area contributed by atoms with Crippen LogP contribution in [0.5, 0.6) is 5.88 Å². The van der Waals surface area contributed by atoms with E-state index in [1.54, 1.807) is 18.3 Å². The van der Waals surface area contributed by atoms with Crippen LogP contribution in [0.3, 0.4) is 0 Å². The molecule has 3 rings (SSSR count). The molecule has 2 N–H and O–H groups in total. The molecule has 86 valence electrons. The third-order valence-electron chi connectivity index (χ3n) is 2.98. The summed E-state index contributed by atoms with van der Waals surface area (Å²) in [5.41, 5.74) is 6.31. The summed E-state index contributed by atoms with van der Waals surface area (Å²) in [6.07, 6.45) is 2.72. The van der Waals surface area contributed by atoms with E-state index < -0.39 is 0 Å². The van der Waals surface area contributed by atoms with Crippen LogP contribution in [0.2, 0.25) is 0 Å². The lowest BCUT2D eigenvalue weighted by Gasteiger charge is -2.17. The number of hydrogen-bond donors (Lipinski definition) is 1. The summed E-state index contributed by atoms with van der Waals surface area (Å²) < 4.78 is 16.9. The van der Waals surface area contributed by atoms with Crippen LogP contribution in [0.25, 0.3) is 0 Å². The second-order valence-electron chi connectivity index (χ2n) is 4.05. The highest BCUT2D eigenvalue weighted by Gasteiger charge is 2.43. The summed E-state index contributed by atoms with van der Waals surface area (Å²) in [4.78, 5) is 4.10. The largest absolute Gasteiger partial charge is 0.468 e. The first-order valence-electron chi connectivity index (χ1n) is 5.45. The van der Waals surface area contributed by atoms with E-state index in [9.17, 15) is 0 Å². The minimum atomic E-state index is -0.0929. The molecule has 5 nitrogen and oxygen atoms in total. The maximum atomic E-state index is 5.77. The Morgan fingerprint density at radius 3 is 3.25 bits per heavy atom. The monoisotopic (exact) mass is 222 g/mol. The van der Waals surface area contributed by atoms with Gasteiger partial charge in [-0.1, -0.05) is 0 Å². The molecule has 0 saturated carbocycles. The van der Waals surface area contributed by atoms with Gasteiger partial charge in [0.2, 0.25) is 5.88 Å². The molecule has 1 unspecified atom stereocenters. The standard InChI is InChI=1S/C11H14N2O3/c12-7-2-1-4-13-11(7)16-9-6-15-8-3-5-14-10(8)9/h1-2,4,8-10H,3,5-6,12H2/t8-,9?,10+/m1/s1. The van der Waals surface area contributed by atoms with E-state index in [2.05, 4.69) is 4.98 Å². The Balaban J connectivity index is 1.73. The normalized spacial score (nSPS) is 32.6. The van der Waals surface area contributed by atoms with Crippen LogP contribution in [0.1, 0.15) is 6.42 Å². The van der Waals surface area contributed by atoms with Crippen LogP contribution in [0.15, 0.2) is 18.3 Å². The molecule has 0 spiro atoms. The van der Waals surface area contributed by atoms with Crippen molar-refractivity contribution in [3.05, 3.63) is 18.3 Å². The van der Waals surface area contributed by atoms with Crippen molar-refractivity contribution in [3.63, 3.8) is 0 Å². The molecule has 0 radical (unpaired) electrons. The lowest BCUT2D eigenvalue weighted by molar-refractivity contribution is 0.0293. The van der Waals surface area contributed by atoms with E-state index in [4.69, 9.17) is 19.9 Å². The molecule has 2 saturated heterocycles. The van der Waals surface area contributed by atoms with Crippen molar-refractivity contribution in [1.82, 2.24) is 4.98 Å². The van der Waals surface area contributed by atoms with Gasteiger partial charge in [0.05, 0.1) is 18.4 Å². The number of hydrogen-bond acceptors (Lipinski definition) is 5. The second-order valence-corrected chi connectivity index (χ2v) is 4.05. The SMILES string of the molecule is Nc1cccnc1OC1CO[C@@H]2CCO[C@H]12. The lowest BCUT2D eigenvalue weighted by atomic mass is 10.1. The highest BCUT2D eigenvalue weighted by Crippen LogP contribution is 2.30. The van der Waals surface area contributed by atoms with Gasteiger partial charge in [0.15, 0.2) is 6.10 Å². The van der Waals surface area contributed by atoms with Gasteiger partial charge < -0.3 is 19.9 Å². The maximum absolute atomic E-state index is 5.77. The number of nitrogen functional groups attached to an aromatic ring is 1. The molecular formula is C11H14N2O3. The zero-order valence-electron chi connectivity index (χ0n) is 8.83. The molecule has 2 aliphatic heterocycles. The number of ether oxygens (including phenoxy) is 3. The molecule has 1 aromatic heterocycles. The van der Waals surface area contributed by atoms with E-state index in [-0.39, 0.29) is 18.3 Å². The van der Waals surface area contributed by atoms with Crippen molar-refractivity contribution in [3.8, 4) is 5.88 Å². The fourth-order valence-electron chi connectivity index (χ4n) is 2.18. The Bertz CT molecular complexity index is 385. The minimum absolute atomic E-state index is 0.0291. The zero-order valence-corrected chi connectivity index (χ0v) is 8.83. The summed E-state index contributed by atoms with van der Waals surface area (Å²) in [6, 6.07) is 3.55. The van der Waals surface area contributed by atoms with Gasteiger partial charge in [-0.25, -0.2) is 4.98 Å². The van der Waals surface area contributed by atoms with Crippen molar-refractivity contribution in [2.24, 2.45) is 0 Å². The third kappa shape index (κ3) is 1.62. The average Bonchev–Trinajstić information content (AvgIpc) is 2.86. The first-order valence-corrected chi connectivity index (χ1v) is 5.45. The number of fused-ring (bicyclic) bond motifs is 1. The number of nitrogens with zero attached hydrogens (tertiary/aromatic N) is 1. The summed E-state index contributed by atoms with van der Waals surface area (Å²) >= 11 is 0. The summed E-state index contributed by atoms with van der Waals surface area (Å²) in [5, 5.41) is 0. The van der Waals surface area contributed by atoms with E-state index in [1.807, 2.05) is 0 Å². The average molecular weight is 222 g/mol. The number of pyridine rings is 1. The minimum Gasteiger partial charge on any atom is -0.468 e. The number of aromatic nitrogens is 1. The molecule has 16 heavy (non-hydrogen) atoms. The smallest absolute Gasteiger partial charge is 0.237 e. The molecule has 3 atom stereocenters. The topological polar surface area (TPSA) is 66.6 Å². The van der Waals surface area contributed by atoms with Gasteiger partial charge in [-0.2, -0.15) is 0 Å². The molecule has 5 heteroatoms. The first-order chi connectivity index (χ1) is 7.84. The molecule has 3 heterocycles. The molecule has 0 amide bonds. The molecule has 2 fully saturated rings. The van der Waals surface area contributed by atoms with E-state index >= 15 is 0 Å². The van der Waals surface area contributed by atoms with Crippen LogP contribution in [0, 0.1) is 0 Å². The van der Waals surface area contributed by atoms with Crippen LogP contribution in [0.4, 0.5) is 5.69 Å². The van der Waals surface area contributed by atoms with Crippen molar-refractivity contribution < 1.29 is 14.2 Å². The summed E-state index contributed by atoms with van der Waals surface area (Å²) in [7, 11) is 0. The van der Waals surface area contributed by atoms with Crippen LogP contribution in [-0.4, -0.2) is 36.5 Å². The highest BCUT2D eigenvalue weighted by atomic mass is 16.6. The Morgan fingerprint density at radius 2 is 2.38 bits per heavy atom. The quantitative estimate of drug-likeness (QED) is 0.793. The van der Waals surface area contributed by atoms with Crippen LogP contribution in [-0.2, 0) is 9.47 Å². The van der Waals surface area contributed by atoms with Crippen molar-refractivity contribution in [2.75, 3.05) is 18.9 Å². The van der Waals surface area contributed by atoms with Gasteiger partial charge in [-0.15, -0.1) is 0 Å². The first kappa shape index (κ1) is 9.86. The van der Waals surface area contributed by atoms with Gasteiger partial charge in [0.1, 0.15) is 6.10 Å². The highest BCUT2D eigenvalue weighted by molar-refractivity contribution is 5.47. The van der Waals surface area contributed by atoms with E-state index in [0.29, 0.717) is 18.2 Å². The number of nitrogens with two attached hydrogens (primary N) is 1. The molecule has 1 aromatic rings. The molecule has 0 aromatic carbocycles. The zero-order chi connectivity index (χ0) is 11.0. The Hall–Kier alpha value is -1.33. The predicted molar refractivity (Wildman–Crippen MR) is 57.2 cm³/mol. The lowest BCUT2D eigenvalue weighted by Crippen LogP contribution is -2.32. The number of anilines is 1. The molecule has 2 aliphatic rings. The Morgan fingerprint density at radius 1 is 1.44 bits per heavy atom. The Kier molecular flexibility index (Phi) is 2.41.